The van der Waals surface area contributed by atoms with Crippen molar-refractivity contribution >= 4 is 0 Å². The van der Waals surface area contributed by atoms with Crippen LogP contribution in [0, 0.1) is 5.92 Å². The fourth-order valence-corrected chi connectivity index (χ4v) is 2.59. The van der Waals surface area contributed by atoms with Crippen LogP contribution in [0.2, 0.25) is 0 Å². The molecule has 2 N–H and O–H groups in total. The van der Waals surface area contributed by atoms with Gasteiger partial charge in [-0.2, -0.15) is 0 Å². The van der Waals surface area contributed by atoms with E-state index in [2.05, 4.69) is 6.92 Å². The standard InChI is InChI=1S/C17H36O2/c1-17(14-10-6-4-8-12-16-19)13-9-5-2-3-7-11-15-18/h17-19H,2-16H2,1H3. The van der Waals surface area contributed by atoms with E-state index in [1.807, 2.05) is 0 Å². The van der Waals surface area contributed by atoms with Crippen molar-refractivity contribution in [1.29, 1.82) is 0 Å². The molecule has 0 fully saturated rings. The molecule has 1 atom stereocenters. The SMILES string of the molecule is CC(CCCCCCCO)CCCCCCCCO. The van der Waals surface area contributed by atoms with Gasteiger partial charge >= 0.3 is 0 Å². The van der Waals surface area contributed by atoms with Crippen LogP contribution in [0.5, 0.6) is 0 Å². The van der Waals surface area contributed by atoms with Crippen molar-refractivity contribution in [2.75, 3.05) is 13.2 Å². The zero-order chi connectivity index (χ0) is 14.2. The lowest BCUT2D eigenvalue weighted by molar-refractivity contribution is 0.281. The highest BCUT2D eigenvalue weighted by Crippen LogP contribution is 2.18. The molecule has 19 heavy (non-hydrogen) atoms. The van der Waals surface area contributed by atoms with Crippen molar-refractivity contribution < 1.29 is 10.2 Å². The number of unbranched alkanes of at least 4 members (excludes halogenated alkanes) is 9. The van der Waals surface area contributed by atoms with Gasteiger partial charge in [0.2, 0.25) is 0 Å². The van der Waals surface area contributed by atoms with Gasteiger partial charge < -0.3 is 10.2 Å². The Morgan fingerprint density at radius 2 is 0.842 bits per heavy atom. The van der Waals surface area contributed by atoms with Crippen molar-refractivity contribution in [3.63, 3.8) is 0 Å². The Hall–Kier alpha value is -0.0800. The molecule has 1 unspecified atom stereocenters. The number of hydrogen-bond donors (Lipinski definition) is 2. The van der Waals surface area contributed by atoms with E-state index < -0.39 is 0 Å². The number of aliphatic hydroxyl groups is 2. The van der Waals surface area contributed by atoms with Gasteiger partial charge in [-0.1, -0.05) is 77.6 Å². The molecule has 2 nitrogen and oxygen atoms in total. The van der Waals surface area contributed by atoms with E-state index in [-0.39, 0.29) is 0 Å². The third kappa shape index (κ3) is 15.9. The quantitative estimate of drug-likeness (QED) is 0.425. The third-order valence-electron chi connectivity index (χ3n) is 3.96. The molecule has 0 aliphatic rings. The summed E-state index contributed by atoms with van der Waals surface area (Å²) in [6.45, 7) is 3.10. The van der Waals surface area contributed by atoms with Gasteiger partial charge in [0.05, 0.1) is 0 Å². The largest absolute Gasteiger partial charge is 0.396 e. The molecule has 0 rings (SSSR count). The van der Waals surface area contributed by atoms with Gasteiger partial charge in [-0.15, -0.1) is 0 Å². The van der Waals surface area contributed by atoms with Crippen LogP contribution in [0.4, 0.5) is 0 Å². The van der Waals surface area contributed by atoms with E-state index in [1.165, 1.54) is 70.6 Å². The molecule has 0 aliphatic carbocycles. The molecule has 0 amide bonds. The predicted octanol–water partition coefficient (Wildman–Crippen LogP) is 4.68. The molecule has 0 aromatic heterocycles. The fourth-order valence-electron chi connectivity index (χ4n) is 2.59. The Balaban J connectivity index is 3.10. The predicted molar refractivity (Wildman–Crippen MR) is 83.4 cm³/mol. The lowest BCUT2D eigenvalue weighted by Crippen LogP contribution is -1.95. The molecule has 0 heterocycles. The first kappa shape index (κ1) is 18.9. The Kier molecular flexibility index (Phi) is 15.9. The Labute approximate surface area is 120 Å². The van der Waals surface area contributed by atoms with Crippen molar-refractivity contribution in [2.24, 2.45) is 5.92 Å². The first-order chi connectivity index (χ1) is 9.31. The van der Waals surface area contributed by atoms with Crippen LogP contribution in [-0.4, -0.2) is 23.4 Å². The van der Waals surface area contributed by atoms with Crippen molar-refractivity contribution in [1.82, 2.24) is 0 Å². The van der Waals surface area contributed by atoms with E-state index in [0.717, 1.165) is 18.8 Å². The fraction of sp³-hybridized carbons (Fsp3) is 1.00. The lowest BCUT2D eigenvalue weighted by Gasteiger charge is -2.11. The molecule has 0 bridgehead atoms. The molecular formula is C17H36O2. The van der Waals surface area contributed by atoms with Gasteiger partial charge in [0.25, 0.3) is 0 Å². The van der Waals surface area contributed by atoms with Crippen LogP contribution in [0.3, 0.4) is 0 Å². The van der Waals surface area contributed by atoms with E-state index >= 15 is 0 Å². The highest BCUT2D eigenvalue weighted by atomic mass is 16.3. The second kappa shape index (κ2) is 16.0. The maximum atomic E-state index is 8.69. The van der Waals surface area contributed by atoms with E-state index in [0.29, 0.717) is 13.2 Å². The van der Waals surface area contributed by atoms with E-state index in [1.54, 1.807) is 0 Å². The summed E-state index contributed by atoms with van der Waals surface area (Å²) in [5.41, 5.74) is 0. The maximum Gasteiger partial charge on any atom is 0.0431 e. The number of hydrogen-bond acceptors (Lipinski definition) is 2. The number of rotatable bonds is 15. The third-order valence-corrected chi connectivity index (χ3v) is 3.96. The molecule has 116 valence electrons. The van der Waals surface area contributed by atoms with E-state index in [4.69, 9.17) is 10.2 Å². The zero-order valence-electron chi connectivity index (χ0n) is 13.1. The minimum Gasteiger partial charge on any atom is -0.396 e. The van der Waals surface area contributed by atoms with Gasteiger partial charge in [-0.25, -0.2) is 0 Å². The van der Waals surface area contributed by atoms with Crippen LogP contribution in [-0.2, 0) is 0 Å². The minimum absolute atomic E-state index is 0.356. The summed E-state index contributed by atoms with van der Waals surface area (Å²) < 4.78 is 0. The number of aliphatic hydroxyl groups excluding tert-OH is 2. The normalized spacial score (nSPS) is 12.8. The highest BCUT2D eigenvalue weighted by Gasteiger charge is 2.02. The molecule has 0 saturated heterocycles. The molecule has 0 aromatic rings. The summed E-state index contributed by atoms with van der Waals surface area (Å²) in [5.74, 6) is 0.885. The van der Waals surface area contributed by atoms with Crippen LogP contribution >= 0.6 is 0 Å². The molecule has 0 saturated carbocycles. The van der Waals surface area contributed by atoms with Crippen molar-refractivity contribution in [3.05, 3.63) is 0 Å². The first-order valence-corrected chi connectivity index (χ1v) is 8.53. The molecule has 2 heteroatoms. The second-order valence-corrected chi connectivity index (χ2v) is 6.02. The Morgan fingerprint density at radius 3 is 1.21 bits per heavy atom. The van der Waals surface area contributed by atoms with Crippen LogP contribution in [0.25, 0.3) is 0 Å². The summed E-state index contributed by atoms with van der Waals surface area (Å²) in [4.78, 5) is 0. The molecule has 0 spiro atoms. The summed E-state index contributed by atoms with van der Waals surface area (Å²) >= 11 is 0. The Morgan fingerprint density at radius 1 is 0.526 bits per heavy atom. The van der Waals surface area contributed by atoms with Crippen LogP contribution in [0.1, 0.15) is 90.4 Å². The van der Waals surface area contributed by atoms with Gasteiger partial charge in [-0.3, -0.25) is 0 Å². The van der Waals surface area contributed by atoms with Crippen molar-refractivity contribution in [2.45, 2.75) is 90.4 Å². The highest BCUT2D eigenvalue weighted by molar-refractivity contribution is 4.55. The molecule has 0 aromatic carbocycles. The summed E-state index contributed by atoms with van der Waals surface area (Å²) in [5, 5.41) is 17.4. The van der Waals surface area contributed by atoms with Gasteiger partial charge in [-0.05, 0) is 18.8 Å². The monoisotopic (exact) mass is 272 g/mol. The van der Waals surface area contributed by atoms with Gasteiger partial charge in [0, 0.05) is 13.2 Å². The topological polar surface area (TPSA) is 40.5 Å². The van der Waals surface area contributed by atoms with E-state index in [9.17, 15) is 0 Å². The van der Waals surface area contributed by atoms with Crippen molar-refractivity contribution in [3.8, 4) is 0 Å². The summed E-state index contributed by atoms with van der Waals surface area (Å²) in [6, 6.07) is 0. The Bertz CT molecular complexity index is 159. The average Bonchev–Trinajstić information content (AvgIpc) is 2.41. The summed E-state index contributed by atoms with van der Waals surface area (Å²) in [7, 11) is 0. The van der Waals surface area contributed by atoms with Crippen LogP contribution in [0.15, 0.2) is 0 Å². The molecule has 0 radical (unpaired) electrons. The van der Waals surface area contributed by atoms with Crippen LogP contribution < -0.4 is 0 Å². The van der Waals surface area contributed by atoms with Gasteiger partial charge in [0.15, 0.2) is 0 Å². The smallest absolute Gasteiger partial charge is 0.0431 e. The lowest BCUT2D eigenvalue weighted by atomic mass is 9.96. The first-order valence-electron chi connectivity index (χ1n) is 8.53. The second-order valence-electron chi connectivity index (χ2n) is 6.02. The minimum atomic E-state index is 0.356. The maximum absolute atomic E-state index is 8.69. The molecule has 0 aliphatic heterocycles. The summed E-state index contributed by atoms with van der Waals surface area (Å²) in [6.07, 6.45) is 16.5. The average molecular weight is 272 g/mol. The zero-order valence-corrected chi connectivity index (χ0v) is 13.1. The van der Waals surface area contributed by atoms with Gasteiger partial charge in [0.1, 0.15) is 0 Å². The molecular weight excluding hydrogens is 236 g/mol.